The quantitative estimate of drug-likeness (QED) is 0.825. The summed E-state index contributed by atoms with van der Waals surface area (Å²) in [6.07, 6.45) is -2.76. The lowest BCUT2D eigenvalue weighted by Crippen LogP contribution is -2.28. The summed E-state index contributed by atoms with van der Waals surface area (Å²) in [5.74, 6) is 0. The number of aliphatic hydroxyl groups excluding tert-OH is 1. The van der Waals surface area contributed by atoms with Gasteiger partial charge in [0.05, 0.1) is 5.56 Å². The highest BCUT2D eigenvalue weighted by Crippen LogP contribution is 2.29. The Balaban J connectivity index is 2.53. The second kappa shape index (κ2) is 6.75. The van der Waals surface area contributed by atoms with E-state index in [9.17, 15) is 13.2 Å². The van der Waals surface area contributed by atoms with Gasteiger partial charge >= 0.3 is 6.18 Å². The highest BCUT2D eigenvalue weighted by atomic mass is 19.4. The van der Waals surface area contributed by atoms with Gasteiger partial charge in [0.1, 0.15) is 0 Å². The van der Waals surface area contributed by atoms with Crippen molar-refractivity contribution in [3.63, 3.8) is 0 Å². The Morgan fingerprint density at radius 3 is 2.28 bits per heavy atom. The third-order valence-corrected chi connectivity index (χ3v) is 2.85. The van der Waals surface area contributed by atoms with E-state index in [4.69, 9.17) is 5.11 Å². The Bertz CT molecular complexity index is 348. The summed E-state index contributed by atoms with van der Waals surface area (Å²) < 4.78 is 37.0. The predicted octanol–water partition coefficient (Wildman–Crippen LogP) is 2.96. The van der Waals surface area contributed by atoms with Crippen molar-refractivity contribution in [2.24, 2.45) is 0 Å². The van der Waals surface area contributed by atoms with Gasteiger partial charge in [-0.25, -0.2) is 0 Å². The molecule has 102 valence electrons. The molecule has 0 fully saturated rings. The maximum atomic E-state index is 12.3. The monoisotopic (exact) mass is 261 g/mol. The molecule has 0 bridgehead atoms. The molecule has 0 amide bonds. The largest absolute Gasteiger partial charge is 0.416 e. The molecule has 0 radical (unpaired) electrons. The Hall–Kier alpha value is -1.07. The zero-order chi connectivity index (χ0) is 13.6. The molecule has 1 rings (SSSR count). The van der Waals surface area contributed by atoms with Crippen LogP contribution in [0.25, 0.3) is 0 Å². The smallest absolute Gasteiger partial charge is 0.396 e. The second-order valence-electron chi connectivity index (χ2n) is 4.19. The number of benzene rings is 1. The van der Waals surface area contributed by atoms with Crippen LogP contribution in [-0.4, -0.2) is 17.8 Å². The molecular weight excluding hydrogens is 243 g/mol. The number of halogens is 3. The summed E-state index contributed by atoms with van der Waals surface area (Å²) in [4.78, 5) is 0. The van der Waals surface area contributed by atoms with Gasteiger partial charge in [-0.05, 0) is 30.5 Å². The lowest BCUT2D eigenvalue weighted by atomic mass is 10.1. The number of nitrogens with one attached hydrogen (secondary N) is 1. The number of rotatable bonds is 6. The van der Waals surface area contributed by atoms with E-state index in [1.54, 1.807) is 0 Å². The van der Waals surface area contributed by atoms with Crippen LogP contribution in [0, 0.1) is 0 Å². The Morgan fingerprint density at radius 1 is 1.22 bits per heavy atom. The van der Waals surface area contributed by atoms with E-state index < -0.39 is 11.7 Å². The molecule has 18 heavy (non-hydrogen) atoms. The SMILES string of the molecule is CCC(CCO)NCc1ccc(C(F)(F)F)cc1. The van der Waals surface area contributed by atoms with Gasteiger partial charge in [0.25, 0.3) is 0 Å². The molecule has 0 aliphatic carbocycles. The van der Waals surface area contributed by atoms with Gasteiger partial charge in [-0.1, -0.05) is 19.1 Å². The molecule has 0 aliphatic heterocycles. The lowest BCUT2D eigenvalue weighted by Gasteiger charge is -2.16. The van der Waals surface area contributed by atoms with E-state index in [0.717, 1.165) is 24.1 Å². The third-order valence-electron chi connectivity index (χ3n) is 2.85. The van der Waals surface area contributed by atoms with Gasteiger partial charge in [0.15, 0.2) is 0 Å². The third kappa shape index (κ3) is 4.66. The minimum Gasteiger partial charge on any atom is -0.396 e. The average Bonchev–Trinajstić information content (AvgIpc) is 2.34. The minimum absolute atomic E-state index is 0.110. The fourth-order valence-electron chi connectivity index (χ4n) is 1.68. The number of aliphatic hydroxyl groups is 1. The zero-order valence-electron chi connectivity index (χ0n) is 10.3. The molecule has 0 heterocycles. The maximum absolute atomic E-state index is 12.3. The van der Waals surface area contributed by atoms with Crippen LogP contribution in [0.15, 0.2) is 24.3 Å². The van der Waals surface area contributed by atoms with Crippen molar-refractivity contribution in [1.29, 1.82) is 0 Å². The molecule has 0 aromatic heterocycles. The van der Waals surface area contributed by atoms with Gasteiger partial charge in [0, 0.05) is 19.2 Å². The van der Waals surface area contributed by atoms with Crippen LogP contribution in [-0.2, 0) is 12.7 Å². The van der Waals surface area contributed by atoms with Crippen molar-refractivity contribution in [2.75, 3.05) is 6.61 Å². The minimum atomic E-state index is -4.28. The Morgan fingerprint density at radius 2 is 1.83 bits per heavy atom. The average molecular weight is 261 g/mol. The summed E-state index contributed by atoms with van der Waals surface area (Å²) in [5.41, 5.74) is 0.174. The first kappa shape index (κ1) is 15.0. The van der Waals surface area contributed by atoms with E-state index in [0.29, 0.717) is 13.0 Å². The van der Waals surface area contributed by atoms with E-state index in [1.165, 1.54) is 12.1 Å². The molecule has 0 saturated carbocycles. The first-order valence-corrected chi connectivity index (χ1v) is 5.97. The highest BCUT2D eigenvalue weighted by Gasteiger charge is 2.29. The van der Waals surface area contributed by atoms with Crippen molar-refractivity contribution in [3.05, 3.63) is 35.4 Å². The fourth-order valence-corrected chi connectivity index (χ4v) is 1.68. The van der Waals surface area contributed by atoms with Crippen LogP contribution < -0.4 is 5.32 Å². The molecular formula is C13H18F3NO. The Labute approximate surface area is 105 Å². The summed E-state index contributed by atoms with van der Waals surface area (Å²) in [5, 5.41) is 12.0. The van der Waals surface area contributed by atoms with Crippen molar-refractivity contribution < 1.29 is 18.3 Å². The number of hydrogen-bond donors (Lipinski definition) is 2. The van der Waals surface area contributed by atoms with Crippen LogP contribution in [0.2, 0.25) is 0 Å². The summed E-state index contributed by atoms with van der Waals surface area (Å²) in [7, 11) is 0. The van der Waals surface area contributed by atoms with E-state index >= 15 is 0 Å². The normalized spacial score (nSPS) is 13.6. The standard InChI is InChI=1S/C13H18F3NO/c1-2-12(7-8-18)17-9-10-3-5-11(6-4-10)13(14,15)16/h3-6,12,17-18H,2,7-9H2,1H3. The van der Waals surface area contributed by atoms with Gasteiger partial charge in [-0.15, -0.1) is 0 Å². The molecule has 5 heteroatoms. The van der Waals surface area contributed by atoms with E-state index in [-0.39, 0.29) is 12.6 Å². The number of alkyl halides is 3. The van der Waals surface area contributed by atoms with Crippen LogP contribution >= 0.6 is 0 Å². The van der Waals surface area contributed by atoms with Crippen LogP contribution in [0.1, 0.15) is 30.9 Å². The van der Waals surface area contributed by atoms with Crippen LogP contribution in [0.5, 0.6) is 0 Å². The summed E-state index contributed by atoms with van der Waals surface area (Å²) in [6, 6.07) is 5.31. The molecule has 2 N–H and O–H groups in total. The Kier molecular flexibility index (Phi) is 5.62. The molecule has 2 nitrogen and oxygen atoms in total. The second-order valence-corrected chi connectivity index (χ2v) is 4.19. The maximum Gasteiger partial charge on any atom is 0.416 e. The fraction of sp³-hybridized carbons (Fsp3) is 0.538. The lowest BCUT2D eigenvalue weighted by molar-refractivity contribution is -0.137. The van der Waals surface area contributed by atoms with Crippen molar-refractivity contribution in [3.8, 4) is 0 Å². The van der Waals surface area contributed by atoms with Gasteiger partial charge in [0.2, 0.25) is 0 Å². The van der Waals surface area contributed by atoms with Gasteiger partial charge in [-0.2, -0.15) is 13.2 Å². The van der Waals surface area contributed by atoms with Crippen LogP contribution in [0.4, 0.5) is 13.2 Å². The number of hydrogen-bond acceptors (Lipinski definition) is 2. The van der Waals surface area contributed by atoms with E-state index in [2.05, 4.69) is 5.32 Å². The van der Waals surface area contributed by atoms with Crippen molar-refractivity contribution >= 4 is 0 Å². The predicted molar refractivity (Wildman–Crippen MR) is 64.1 cm³/mol. The molecule has 1 aromatic rings. The zero-order valence-corrected chi connectivity index (χ0v) is 10.3. The molecule has 1 unspecified atom stereocenters. The van der Waals surface area contributed by atoms with Crippen molar-refractivity contribution in [1.82, 2.24) is 5.32 Å². The topological polar surface area (TPSA) is 32.3 Å². The van der Waals surface area contributed by atoms with Crippen LogP contribution in [0.3, 0.4) is 0 Å². The van der Waals surface area contributed by atoms with E-state index in [1.807, 2.05) is 6.92 Å². The first-order valence-electron chi connectivity index (χ1n) is 5.97. The van der Waals surface area contributed by atoms with Gasteiger partial charge in [-0.3, -0.25) is 0 Å². The summed E-state index contributed by atoms with van der Waals surface area (Å²) >= 11 is 0. The molecule has 1 aromatic carbocycles. The molecule has 1 atom stereocenters. The molecule has 0 aliphatic rings. The first-order chi connectivity index (χ1) is 8.47. The highest BCUT2D eigenvalue weighted by molar-refractivity contribution is 5.24. The van der Waals surface area contributed by atoms with Gasteiger partial charge < -0.3 is 10.4 Å². The molecule has 0 spiro atoms. The summed E-state index contributed by atoms with van der Waals surface area (Å²) in [6.45, 7) is 2.62. The molecule has 0 saturated heterocycles. The van der Waals surface area contributed by atoms with Crippen molar-refractivity contribution in [2.45, 2.75) is 38.5 Å².